The van der Waals surface area contributed by atoms with Gasteiger partial charge >= 0.3 is 0 Å². The molecule has 0 aliphatic heterocycles. The summed E-state index contributed by atoms with van der Waals surface area (Å²) in [5, 5.41) is 13.2. The van der Waals surface area contributed by atoms with Crippen LogP contribution in [-0.2, 0) is 0 Å². The van der Waals surface area contributed by atoms with E-state index in [1.165, 1.54) is 0 Å². The highest BCUT2D eigenvalue weighted by Gasteiger charge is 2.12. The van der Waals surface area contributed by atoms with Gasteiger partial charge in [0.2, 0.25) is 0 Å². The van der Waals surface area contributed by atoms with E-state index < -0.39 is 0 Å². The van der Waals surface area contributed by atoms with Crippen LogP contribution in [0.5, 0.6) is 5.75 Å². The number of phenols is 1. The Hall–Kier alpha value is -1.18. The first-order valence-electron chi connectivity index (χ1n) is 6.02. The van der Waals surface area contributed by atoms with E-state index in [0.29, 0.717) is 17.7 Å². The second-order valence-corrected chi connectivity index (χ2v) is 4.86. The van der Waals surface area contributed by atoms with E-state index in [2.05, 4.69) is 26.1 Å². The van der Waals surface area contributed by atoms with E-state index >= 15 is 0 Å². The fourth-order valence-corrected chi connectivity index (χ4v) is 1.90. The quantitative estimate of drug-likeness (QED) is 0.757. The molecule has 2 heteroatoms. The summed E-state index contributed by atoms with van der Waals surface area (Å²) in [5.41, 5.74) is 3.16. The Balaban J connectivity index is 2.92. The number of aryl methyl sites for hydroxylation is 2. The third-order valence-corrected chi connectivity index (χ3v) is 3.13. The molecule has 0 saturated heterocycles. The minimum absolute atomic E-state index is 0.376. The second kappa shape index (κ2) is 5.24. The lowest BCUT2D eigenvalue weighted by Gasteiger charge is -2.23. The predicted octanol–water partition coefficient (Wildman–Crippen LogP) is 3.86. The summed E-state index contributed by atoms with van der Waals surface area (Å²) >= 11 is 0. The van der Waals surface area contributed by atoms with Crippen molar-refractivity contribution in [3.05, 3.63) is 23.3 Å². The Kier molecular flexibility index (Phi) is 4.22. The van der Waals surface area contributed by atoms with Crippen molar-refractivity contribution in [1.29, 1.82) is 0 Å². The van der Waals surface area contributed by atoms with Crippen LogP contribution < -0.4 is 5.32 Å². The van der Waals surface area contributed by atoms with Crippen LogP contribution in [0, 0.1) is 19.8 Å². The van der Waals surface area contributed by atoms with E-state index in [4.69, 9.17) is 0 Å². The zero-order chi connectivity index (χ0) is 12.3. The number of nitrogens with one attached hydrogen (secondary N) is 1. The molecule has 0 aromatic heterocycles. The number of rotatable bonds is 4. The number of aromatic hydroxyl groups is 1. The van der Waals surface area contributed by atoms with Crippen LogP contribution in [0.15, 0.2) is 12.1 Å². The van der Waals surface area contributed by atoms with Crippen molar-refractivity contribution in [1.82, 2.24) is 0 Å². The number of anilines is 1. The minimum Gasteiger partial charge on any atom is -0.508 e. The van der Waals surface area contributed by atoms with Crippen LogP contribution in [-0.4, -0.2) is 11.1 Å². The molecular weight excluding hydrogens is 198 g/mol. The Morgan fingerprint density at radius 1 is 1.19 bits per heavy atom. The molecule has 0 spiro atoms. The molecule has 2 nitrogen and oxygen atoms in total. The van der Waals surface area contributed by atoms with Crippen LogP contribution in [0.2, 0.25) is 0 Å². The summed E-state index contributed by atoms with van der Waals surface area (Å²) in [7, 11) is 0. The van der Waals surface area contributed by atoms with Crippen molar-refractivity contribution < 1.29 is 5.11 Å². The zero-order valence-corrected chi connectivity index (χ0v) is 11.0. The van der Waals surface area contributed by atoms with Crippen LogP contribution >= 0.6 is 0 Å². The predicted molar refractivity (Wildman–Crippen MR) is 70.1 cm³/mol. The summed E-state index contributed by atoms with van der Waals surface area (Å²) < 4.78 is 0. The molecule has 0 bridgehead atoms. The first kappa shape index (κ1) is 12.9. The summed E-state index contributed by atoms with van der Waals surface area (Å²) in [4.78, 5) is 0. The maximum atomic E-state index is 9.60. The SMILES string of the molecule is CCC(Nc1cc(C)c(O)cc1C)C(C)C. The summed E-state index contributed by atoms with van der Waals surface area (Å²) in [6.45, 7) is 10.6. The number of benzene rings is 1. The molecule has 0 saturated carbocycles. The van der Waals surface area contributed by atoms with Crippen LogP contribution in [0.4, 0.5) is 5.69 Å². The third-order valence-electron chi connectivity index (χ3n) is 3.13. The number of hydrogen-bond donors (Lipinski definition) is 2. The lowest BCUT2D eigenvalue weighted by Crippen LogP contribution is -2.25. The highest BCUT2D eigenvalue weighted by atomic mass is 16.3. The van der Waals surface area contributed by atoms with Gasteiger partial charge < -0.3 is 10.4 Å². The van der Waals surface area contributed by atoms with Gasteiger partial charge in [0, 0.05) is 11.7 Å². The van der Waals surface area contributed by atoms with Gasteiger partial charge in [0.25, 0.3) is 0 Å². The molecule has 0 radical (unpaired) electrons. The Morgan fingerprint density at radius 3 is 2.31 bits per heavy atom. The Bertz CT molecular complexity index is 358. The highest BCUT2D eigenvalue weighted by Crippen LogP contribution is 2.26. The minimum atomic E-state index is 0.376. The molecule has 90 valence electrons. The Labute approximate surface area is 98.7 Å². The van der Waals surface area contributed by atoms with Crippen LogP contribution in [0.25, 0.3) is 0 Å². The van der Waals surface area contributed by atoms with E-state index in [1.54, 1.807) is 0 Å². The number of hydrogen-bond acceptors (Lipinski definition) is 2. The summed E-state index contributed by atoms with van der Waals surface area (Å²) in [6.07, 6.45) is 1.11. The zero-order valence-electron chi connectivity index (χ0n) is 11.0. The first-order valence-corrected chi connectivity index (χ1v) is 6.02. The summed E-state index contributed by atoms with van der Waals surface area (Å²) in [6, 6.07) is 4.34. The van der Waals surface area contributed by atoms with Crippen molar-refractivity contribution in [2.24, 2.45) is 5.92 Å². The van der Waals surface area contributed by atoms with Crippen molar-refractivity contribution in [3.63, 3.8) is 0 Å². The van der Waals surface area contributed by atoms with Crippen molar-refractivity contribution in [2.75, 3.05) is 5.32 Å². The van der Waals surface area contributed by atoms with Crippen molar-refractivity contribution in [2.45, 2.75) is 47.1 Å². The molecule has 1 unspecified atom stereocenters. The molecule has 0 amide bonds. The lowest BCUT2D eigenvalue weighted by molar-refractivity contribution is 0.470. The van der Waals surface area contributed by atoms with Crippen molar-refractivity contribution in [3.8, 4) is 5.75 Å². The molecule has 16 heavy (non-hydrogen) atoms. The fourth-order valence-electron chi connectivity index (χ4n) is 1.90. The van der Waals surface area contributed by atoms with Crippen molar-refractivity contribution >= 4 is 5.69 Å². The third kappa shape index (κ3) is 2.91. The molecule has 0 aliphatic rings. The van der Waals surface area contributed by atoms with Gasteiger partial charge in [-0.05, 0) is 49.4 Å². The molecule has 1 rings (SSSR count). The van der Waals surface area contributed by atoms with Gasteiger partial charge in [-0.15, -0.1) is 0 Å². The smallest absolute Gasteiger partial charge is 0.118 e. The molecule has 0 heterocycles. The summed E-state index contributed by atoms with van der Waals surface area (Å²) in [5.74, 6) is 0.985. The first-order chi connectivity index (χ1) is 7.45. The highest BCUT2D eigenvalue weighted by molar-refractivity contribution is 5.57. The topological polar surface area (TPSA) is 32.3 Å². The standard InChI is InChI=1S/C14H23NO/c1-6-12(9(2)3)15-13-7-11(5)14(16)8-10(13)4/h7-9,12,15-16H,6H2,1-5H3. The van der Waals surface area contributed by atoms with E-state index in [-0.39, 0.29) is 0 Å². The van der Waals surface area contributed by atoms with Gasteiger partial charge in [-0.3, -0.25) is 0 Å². The fraction of sp³-hybridized carbons (Fsp3) is 0.571. The molecule has 1 aromatic carbocycles. The van der Waals surface area contributed by atoms with Gasteiger partial charge in [0.1, 0.15) is 5.75 Å². The average Bonchev–Trinajstić information content (AvgIpc) is 2.21. The number of phenolic OH excluding ortho intramolecular Hbond substituents is 1. The van der Waals surface area contributed by atoms with E-state index in [0.717, 1.165) is 23.2 Å². The molecular formula is C14H23NO. The van der Waals surface area contributed by atoms with Crippen LogP contribution in [0.3, 0.4) is 0 Å². The van der Waals surface area contributed by atoms with E-state index in [9.17, 15) is 5.11 Å². The average molecular weight is 221 g/mol. The largest absolute Gasteiger partial charge is 0.508 e. The maximum absolute atomic E-state index is 9.60. The monoisotopic (exact) mass is 221 g/mol. The van der Waals surface area contributed by atoms with Gasteiger partial charge in [-0.1, -0.05) is 20.8 Å². The lowest BCUT2D eigenvalue weighted by atomic mass is 10.0. The molecule has 0 aliphatic carbocycles. The molecule has 2 N–H and O–H groups in total. The van der Waals surface area contributed by atoms with Gasteiger partial charge in [0.05, 0.1) is 0 Å². The maximum Gasteiger partial charge on any atom is 0.118 e. The van der Waals surface area contributed by atoms with E-state index in [1.807, 2.05) is 26.0 Å². The Morgan fingerprint density at radius 2 is 1.81 bits per heavy atom. The van der Waals surface area contributed by atoms with Gasteiger partial charge in [-0.25, -0.2) is 0 Å². The second-order valence-electron chi connectivity index (χ2n) is 4.86. The van der Waals surface area contributed by atoms with Gasteiger partial charge in [-0.2, -0.15) is 0 Å². The van der Waals surface area contributed by atoms with Gasteiger partial charge in [0.15, 0.2) is 0 Å². The molecule has 1 atom stereocenters. The molecule has 0 fully saturated rings. The normalized spacial score (nSPS) is 12.9. The molecule has 1 aromatic rings. The van der Waals surface area contributed by atoms with Crippen LogP contribution in [0.1, 0.15) is 38.3 Å².